The van der Waals surface area contributed by atoms with E-state index in [1.807, 2.05) is 44.4 Å². The number of aromatic amines is 1. The molecule has 0 aliphatic rings. The Morgan fingerprint density at radius 2 is 1.80 bits per heavy atom. The Labute approximate surface area is 209 Å². The molecule has 1 heterocycles. The summed E-state index contributed by atoms with van der Waals surface area (Å²) in [6.45, 7) is 3.56. The molecule has 35 heavy (non-hydrogen) atoms. The molecule has 0 fully saturated rings. The summed E-state index contributed by atoms with van der Waals surface area (Å²) in [5, 5.41) is 18.2. The van der Waals surface area contributed by atoms with Crippen LogP contribution in [0.2, 0.25) is 0 Å². The van der Waals surface area contributed by atoms with E-state index in [-0.39, 0.29) is 18.9 Å². The minimum Gasteiger partial charge on any atom is -0.480 e. The molecule has 0 radical (unpaired) electrons. The molecule has 1 aromatic heterocycles. The summed E-state index contributed by atoms with van der Waals surface area (Å²) in [7, 11) is 0. The molecule has 3 unspecified atom stereocenters. The molecule has 0 bridgehead atoms. The maximum absolute atomic E-state index is 12.9. The van der Waals surface area contributed by atoms with Crippen LogP contribution in [0.15, 0.2) is 30.5 Å². The van der Waals surface area contributed by atoms with Gasteiger partial charge in [0.25, 0.3) is 0 Å². The Kier molecular flexibility index (Phi) is 11.1. The fraction of sp³-hybridized carbons (Fsp3) is 0.500. The average molecular weight is 506 g/mol. The van der Waals surface area contributed by atoms with Gasteiger partial charge in [0, 0.05) is 23.5 Å². The molecule has 0 aliphatic heterocycles. The summed E-state index contributed by atoms with van der Waals surface area (Å²) in [5.74, 6) is -1.96. The summed E-state index contributed by atoms with van der Waals surface area (Å²) < 4.78 is 0. The van der Waals surface area contributed by atoms with Crippen molar-refractivity contribution in [3.05, 3.63) is 36.0 Å². The highest BCUT2D eigenvalue weighted by atomic mass is 32.2. The van der Waals surface area contributed by atoms with Gasteiger partial charge in [-0.3, -0.25) is 14.4 Å². The number of amides is 3. The topological polar surface area (TPSA) is 166 Å². The third-order valence-electron chi connectivity index (χ3n) is 5.46. The van der Waals surface area contributed by atoms with Crippen molar-refractivity contribution in [2.24, 2.45) is 11.7 Å². The number of hydrogen-bond donors (Lipinski definition) is 6. The van der Waals surface area contributed by atoms with Gasteiger partial charge in [-0.2, -0.15) is 11.8 Å². The lowest BCUT2D eigenvalue weighted by atomic mass is 10.0. The number of para-hydroxylation sites is 1. The van der Waals surface area contributed by atoms with Gasteiger partial charge in [-0.15, -0.1) is 0 Å². The highest BCUT2D eigenvalue weighted by Crippen LogP contribution is 2.19. The second kappa shape index (κ2) is 13.7. The van der Waals surface area contributed by atoms with Crippen LogP contribution in [0, 0.1) is 5.92 Å². The Morgan fingerprint density at radius 3 is 2.46 bits per heavy atom. The average Bonchev–Trinajstić information content (AvgIpc) is 3.21. The number of nitrogens with one attached hydrogen (secondary N) is 4. The minimum atomic E-state index is -1.18. The molecule has 2 aromatic rings. The number of carboxylic acid groups (broad SMARTS) is 1. The zero-order valence-electron chi connectivity index (χ0n) is 20.3. The minimum absolute atomic E-state index is 0.0814. The Bertz CT molecular complexity index is 1020. The second-order valence-corrected chi connectivity index (χ2v) is 9.80. The van der Waals surface area contributed by atoms with Gasteiger partial charge >= 0.3 is 5.97 Å². The van der Waals surface area contributed by atoms with Gasteiger partial charge in [-0.1, -0.05) is 32.0 Å². The molecule has 1 aromatic carbocycles. The lowest BCUT2D eigenvalue weighted by Crippen LogP contribution is -2.54. The highest BCUT2D eigenvalue weighted by Gasteiger charge is 2.27. The normalized spacial score (nSPS) is 13.7. The quantitative estimate of drug-likeness (QED) is 0.223. The van der Waals surface area contributed by atoms with E-state index in [4.69, 9.17) is 5.73 Å². The Balaban J connectivity index is 2.00. The molecular weight excluding hydrogens is 470 g/mol. The Morgan fingerprint density at radius 1 is 1.09 bits per heavy atom. The summed E-state index contributed by atoms with van der Waals surface area (Å²) in [4.78, 5) is 52.4. The number of carbonyl (C=O) groups is 4. The number of nitrogens with two attached hydrogens (primary N) is 1. The first-order valence-corrected chi connectivity index (χ1v) is 12.9. The molecule has 192 valence electrons. The molecule has 0 aliphatic carbocycles. The van der Waals surface area contributed by atoms with Crippen molar-refractivity contribution in [3.63, 3.8) is 0 Å². The first-order chi connectivity index (χ1) is 16.6. The zero-order valence-corrected chi connectivity index (χ0v) is 21.1. The van der Waals surface area contributed by atoms with Crippen molar-refractivity contribution >= 4 is 46.4 Å². The van der Waals surface area contributed by atoms with E-state index in [9.17, 15) is 24.3 Å². The predicted octanol–water partition coefficient (Wildman–Crippen LogP) is 1.01. The van der Waals surface area contributed by atoms with Crippen LogP contribution in [0.25, 0.3) is 10.9 Å². The third-order valence-corrected chi connectivity index (χ3v) is 6.11. The number of rotatable bonds is 14. The van der Waals surface area contributed by atoms with Gasteiger partial charge in [0.1, 0.15) is 12.1 Å². The maximum atomic E-state index is 12.9. The van der Waals surface area contributed by atoms with Crippen molar-refractivity contribution in [1.29, 1.82) is 0 Å². The first-order valence-electron chi connectivity index (χ1n) is 11.5. The number of aromatic nitrogens is 1. The molecule has 7 N–H and O–H groups in total. The van der Waals surface area contributed by atoms with Crippen LogP contribution < -0.4 is 21.7 Å². The van der Waals surface area contributed by atoms with Crippen LogP contribution in [-0.4, -0.2) is 70.5 Å². The third kappa shape index (κ3) is 8.91. The summed E-state index contributed by atoms with van der Waals surface area (Å²) in [5.41, 5.74) is 7.46. The van der Waals surface area contributed by atoms with Crippen molar-refractivity contribution in [2.45, 2.75) is 51.2 Å². The number of H-pyrrole nitrogens is 1. The van der Waals surface area contributed by atoms with Crippen molar-refractivity contribution in [3.8, 4) is 0 Å². The standard InChI is InChI=1S/C24H35N5O5S/c1-14(2)10-17(25)22(31)27-13-21(30)28-19(8-9-35-3)23(32)29-20(24(33)34)11-15-12-26-18-7-5-4-6-16(15)18/h4-7,12,14,17,19-20,26H,8-11,13,25H2,1-3H3,(H,27,31)(H,28,30)(H,29,32)(H,33,34). The van der Waals surface area contributed by atoms with Gasteiger partial charge in [0.15, 0.2) is 0 Å². The van der Waals surface area contributed by atoms with Gasteiger partial charge in [0.05, 0.1) is 12.6 Å². The lowest BCUT2D eigenvalue weighted by Gasteiger charge is -2.22. The zero-order chi connectivity index (χ0) is 26.0. The smallest absolute Gasteiger partial charge is 0.326 e. The van der Waals surface area contributed by atoms with Crippen LogP contribution in [0.3, 0.4) is 0 Å². The van der Waals surface area contributed by atoms with E-state index in [1.54, 1.807) is 6.20 Å². The van der Waals surface area contributed by atoms with Crippen LogP contribution in [0.5, 0.6) is 0 Å². The molecule has 10 nitrogen and oxygen atoms in total. The molecule has 0 saturated heterocycles. The van der Waals surface area contributed by atoms with Crippen LogP contribution in [0.4, 0.5) is 0 Å². The van der Waals surface area contributed by atoms with Crippen LogP contribution in [0.1, 0.15) is 32.3 Å². The fourth-order valence-electron chi connectivity index (χ4n) is 3.66. The number of hydrogen-bond acceptors (Lipinski definition) is 6. The number of benzene rings is 1. The maximum Gasteiger partial charge on any atom is 0.326 e. The predicted molar refractivity (Wildman–Crippen MR) is 137 cm³/mol. The molecule has 11 heteroatoms. The van der Waals surface area contributed by atoms with E-state index in [0.717, 1.165) is 16.5 Å². The number of fused-ring (bicyclic) bond motifs is 1. The molecule has 0 saturated carbocycles. The Hall–Kier alpha value is -3.05. The SMILES string of the molecule is CSCCC(NC(=O)CNC(=O)C(N)CC(C)C)C(=O)NC(Cc1c[nH]c2ccccc12)C(=O)O. The largest absolute Gasteiger partial charge is 0.480 e. The summed E-state index contributed by atoms with van der Waals surface area (Å²) in [6.07, 6.45) is 4.47. The highest BCUT2D eigenvalue weighted by molar-refractivity contribution is 7.98. The summed E-state index contributed by atoms with van der Waals surface area (Å²) >= 11 is 1.49. The fourth-order valence-corrected chi connectivity index (χ4v) is 4.13. The molecular formula is C24H35N5O5S. The van der Waals surface area contributed by atoms with Crippen molar-refractivity contribution in [2.75, 3.05) is 18.6 Å². The lowest BCUT2D eigenvalue weighted by molar-refractivity contribution is -0.142. The van der Waals surface area contributed by atoms with Crippen molar-refractivity contribution < 1.29 is 24.3 Å². The van der Waals surface area contributed by atoms with Gasteiger partial charge in [-0.25, -0.2) is 4.79 Å². The number of carbonyl (C=O) groups excluding carboxylic acids is 3. The molecule has 2 rings (SSSR count). The first kappa shape index (κ1) is 28.2. The van der Waals surface area contributed by atoms with E-state index < -0.39 is 41.8 Å². The second-order valence-electron chi connectivity index (χ2n) is 8.82. The van der Waals surface area contributed by atoms with Gasteiger partial charge in [0.2, 0.25) is 17.7 Å². The van der Waals surface area contributed by atoms with Gasteiger partial charge in [-0.05, 0) is 42.4 Å². The molecule has 3 amide bonds. The number of carboxylic acids is 1. The van der Waals surface area contributed by atoms with Crippen molar-refractivity contribution in [1.82, 2.24) is 20.9 Å². The number of aliphatic carboxylic acids is 1. The summed E-state index contributed by atoms with van der Waals surface area (Å²) in [6, 6.07) is 4.65. The molecule has 0 spiro atoms. The number of thioether (sulfide) groups is 1. The molecule has 3 atom stereocenters. The van der Waals surface area contributed by atoms with E-state index >= 15 is 0 Å². The monoisotopic (exact) mass is 505 g/mol. The van der Waals surface area contributed by atoms with Crippen LogP contribution in [-0.2, 0) is 25.6 Å². The van der Waals surface area contributed by atoms with E-state index in [0.29, 0.717) is 18.6 Å². The van der Waals surface area contributed by atoms with Gasteiger partial charge < -0.3 is 31.8 Å². The van der Waals surface area contributed by atoms with Crippen LogP contribution >= 0.6 is 11.8 Å². The van der Waals surface area contributed by atoms with E-state index in [1.165, 1.54) is 11.8 Å². The van der Waals surface area contributed by atoms with E-state index in [2.05, 4.69) is 20.9 Å².